The lowest BCUT2D eigenvalue weighted by Crippen LogP contribution is -2.24. The third-order valence-electron chi connectivity index (χ3n) is 4.52. The Hall–Kier alpha value is -3.61. The van der Waals surface area contributed by atoms with Crippen molar-refractivity contribution in [2.75, 3.05) is 35.0 Å². The van der Waals surface area contributed by atoms with Gasteiger partial charge in [-0.25, -0.2) is 0 Å². The highest BCUT2D eigenvalue weighted by molar-refractivity contribution is 5.92. The highest BCUT2D eigenvalue weighted by Crippen LogP contribution is 2.39. The van der Waals surface area contributed by atoms with Crippen molar-refractivity contribution in [1.29, 1.82) is 0 Å². The molecule has 0 heterocycles. The van der Waals surface area contributed by atoms with Crippen LogP contribution in [0.1, 0.15) is 24.1 Å². The second-order valence-electron chi connectivity index (χ2n) is 6.53. The standard InChI is InChI=1S/C24H29NO6/c1-7-12-31-19-10-8-17(13-20(19)27-3)9-11-23(26)25-16(2)18-14-21(28-4)24(30-6)22(15-18)29-5/h7-11,13-16H,1,12H2,2-6H3,(H,25,26)/b11-9+. The molecule has 7 nitrogen and oxygen atoms in total. The first-order valence-corrected chi connectivity index (χ1v) is 9.67. The molecule has 2 aromatic carbocycles. The van der Waals surface area contributed by atoms with Gasteiger partial charge in [-0.05, 0) is 48.4 Å². The van der Waals surface area contributed by atoms with E-state index in [1.807, 2.05) is 25.1 Å². The van der Waals surface area contributed by atoms with Gasteiger partial charge in [0.05, 0.1) is 34.5 Å². The first kappa shape index (κ1) is 23.7. The molecule has 1 unspecified atom stereocenters. The lowest BCUT2D eigenvalue weighted by molar-refractivity contribution is -0.117. The number of ether oxygens (including phenoxy) is 5. The Labute approximate surface area is 183 Å². The molecule has 0 saturated carbocycles. The molecule has 0 fully saturated rings. The van der Waals surface area contributed by atoms with Crippen LogP contribution in [0.5, 0.6) is 28.7 Å². The van der Waals surface area contributed by atoms with Crippen molar-refractivity contribution in [1.82, 2.24) is 5.32 Å². The van der Waals surface area contributed by atoms with E-state index in [4.69, 9.17) is 23.7 Å². The zero-order valence-corrected chi connectivity index (χ0v) is 18.6. The van der Waals surface area contributed by atoms with Gasteiger partial charge < -0.3 is 29.0 Å². The van der Waals surface area contributed by atoms with Gasteiger partial charge in [0.25, 0.3) is 0 Å². The zero-order valence-electron chi connectivity index (χ0n) is 18.6. The summed E-state index contributed by atoms with van der Waals surface area (Å²) in [5, 5.41) is 2.93. The smallest absolute Gasteiger partial charge is 0.244 e. The summed E-state index contributed by atoms with van der Waals surface area (Å²) in [6.45, 7) is 5.89. The molecule has 2 aromatic rings. The maximum absolute atomic E-state index is 12.4. The van der Waals surface area contributed by atoms with E-state index in [1.165, 1.54) is 6.08 Å². The molecule has 31 heavy (non-hydrogen) atoms. The van der Waals surface area contributed by atoms with Crippen molar-refractivity contribution >= 4 is 12.0 Å². The number of carbonyl (C=O) groups excluding carboxylic acids is 1. The van der Waals surface area contributed by atoms with Crippen molar-refractivity contribution < 1.29 is 28.5 Å². The summed E-state index contributed by atoms with van der Waals surface area (Å²) in [4.78, 5) is 12.4. The van der Waals surface area contributed by atoms with Crippen LogP contribution >= 0.6 is 0 Å². The molecule has 0 aromatic heterocycles. The van der Waals surface area contributed by atoms with Gasteiger partial charge in [0.15, 0.2) is 23.0 Å². The van der Waals surface area contributed by atoms with E-state index in [2.05, 4.69) is 11.9 Å². The second kappa shape index (κ2) is 11.5. The number of rotatable bonds is 11. The topological polar surface area (TPSA) is 75.3 Å². The predicted octanol–water partition coefficient (Wildman–Crippen LogP) is 4.18. The van der Waals surface area contributed by atoms with Crippen LogP contribution in [0.2, 0.25) is 0 Å². The third kappa shape index (κ3) is 6.18. The fraction of sp³-hybridized carbons (Fsp3) is 0.292. The van der Waals surface area contributed by atoms with Crippen molar-refractivity contribution in [3.05, 3.63) is 60.2 Å². The normalized spacial score (nSPS) is 11.5. The molecule has 0 spiro atoms. The highest BCUT2D eigenvalue weighted by Gasteiger charge is 2.17. The van der Waals surface area contributed by atoms with Crippen LogP contribution in [-0.2, 0) is 4.79 Å². The zero-order chi connectivity index (χ0) is 22.8. The van der Waals surface area contributed by atoms with Crippen molar-refractivity contribution in [3.63, 3.8) is 0 Å². The van der Waals surface area contributed by atoms with Crippen LogP contribution in [0.15, 0.2) is 49.1 Å². The van der Waals surface area contributed by atoms with Crippen LogP contribution in [0.25, 0.3) is 6.08 Å². The van der Waals surface area contributed by atoms with Crippen LogP contribution < -0.4 is 29.0 Å². The van der Waals surface area contributed by atoms with Gasteiger partial charge >= 0.3 is 0 Å². The molecular weight excluding hydrogens is 398 g/mol. The molecular formula is C24H29NO6. The van der Waals surface area contributed by atoms with E-state index in [0.717, 1.165) is 11.1 Å². The summed E-state index contributed by atoms with van der Waals surface area (Å²) in [7, 11) is 6.21. The molecule has 1 amide bonds. The Morgan fingerprint density at radius 2 is 1.61 bits per heavy atom. The fourth-order valence-electron chi connectivity index (χ4n) is 2.92. The largest absolute Gasteiger partial charge is 0.493 e. The van der Waals surface area contributed by atoms with E-state index in [1.54, 1.807) is 52.7 Å². The molecule has 0 aliphatic rings. The van der Waals surface area contributed by atoms with Crippen molar-refractivity contribution in [2.45, 2.75) is 13.0 Å². The average molecular weight is 427 g/mol. The first-order valence-electron chi connectivity index (χ1n) is 9.67. The molecule has 166 valence electrons. The Morgan fingerprint density at radius 3 is 2.16 bits per heavy atom. The fourth-order valence-corrected chi connectivity index (χ4v) is 2.92. The monoisotopic (exact) mass is 427 g/mol. The molecule has 0 radical (unpaired) electrons. The van der Waals surface area contributed by atoms with Crippen LogP contribution in [0.4, 0.5) is 0 Å². The van der Waals surface area contributed by atoms with E-state index in [0.29, 0.717) is 35.4 Å². The van der Waals surface area contributed by atoms with Gasteiger partial charge in [-0.15, -0.1) is 0 Å². The summed E-state index contributed by atoms with van der Waals surface area (Å²) in [6, 6.07) is 8.76. The van der Waals surface area contributed by atoms with Gasteiger partial charge in [-0.1, -0.05) is 18.7 Å². The highest BCUT2D eigenvalue weighted by atomic mass is 16.5. The molecule has 0 bridgehead atoms. The van der Waals surface area contributed by atoms with Crippen LogP contribution in [0, 0.1) is 0 Å². The Bertz CT molecular complexity index is 913. The van der Waals surface area contributed by atoms with Crippen molar-refractivity contribution in [3.8, 4) is 28.7 Å². The van der Waals surface area contributed by atoms with Crippen LogP contribution in [0.3, 0.4) is 0 Å². The first-order chi connectivity index (χ1) is 15.0. The van der Waals surface area contributed by atoms with Gasteiger partial charge in [-0.2, -0.15) is 0 Å². The van der Waals surface area contributed by atoms with Gasteiger partial charge in [0, 0.05) is 6.08 Å². The number of amides is 1. The van der Waals surface area contributed by atoms with E-state index >= 15 is 0 Å². The van der Waals surface area contributed by atoms with E-state index < -0.39 is 0 Å². The minimum atomic E-state index is -0.282. The maximum atomic E-state index is 12.4. The van der Waals surface area contributed by atoms with Gasteiger partial charge in [0.1, 0.15) is 6.61 Å². The minimum Gasteiger partial charge on any atom is -0.493 e. The lowest BCUT2D eigenvalue weighted by Gasteiger charge is -2.18. The molecule has 0 aliphatic carbocycles. The van der Waals surface area contributed by atoms with Gasteiger partial charge in [0.2, 0.25) is 11.7 Å². The summed E-state index contributed by atoms with van der Waals surface area (Å²) < 4.78 is 27.0. The molecule has 1 N–H and O–H groups in total. The number of benzene rings is 2. The lowest BCUT2D eigenvalue weighted by atomic mass is 10.1. The summed E-state index contributed by atoms with van der Waals surface area (Å²) in [5.41, 5.74) is 1.63. The number of methoxy groups -OCH3 is 4. The summed E-state index contributed by atoms with van der Waals surface area (Å²) in [6.07, 6.45) is 4.83. The van der Waals surface area contributed by atoms with E-state index in [9.17, 15) is 4.79 Å². The minimum absolute atomic E-state index is 0.243. The number of hydrogen-bond donors (Lipinski definition) is 1. The second-order valence-corrected chi connectivity index (χ2v) is 6.53. The Balaban J connectivity index is 2.12. The molecule has 1 atom stereocenters. The SMILES string of the molecule is C=CCOc1ccc(/C=C/C(=O)NC(C)c2cc(OC)c(OC)c(OC)c2)cc1OC. The third-order valence-corrected chi connectivity index (χ3v) is 4.52. The predicted molar refractivity (Wildman–Crippen MR) is 120 cm³/mol. The number of hydrogen-bond acceptors (Lipinski definition) is 6. The number of carbonyl (C=O) groups is 1. The average Bonchev–Trinajstić information content (AvgIpc) is 2.80. The molecule has 2 rings (SSSR count). The van der Waals surface area contributed by atoms with E-state index in [-0.39, 0.29) is 11.9 Å². The molecule has 0 saturated heterocycles. The summed E-state index contributed by atoms with van der Waals surface area (Å²) in [5.74, 6) is 2.50. The maximum Gasteiger partial charge on any atom is 0.244 e. The Morgan fingerprint density at radius 1 is 0.968 bits per heavy atom. The molecule has 7 heteroatoms. The Kier molecular flexibility index (Phi) is 8.81. The summed E-state index contributed by atoms with van der Waals surface area (Å²) >= 11 is 0. The quantitative estimate of drug-likeness (QED) is 0.428. The molecule has 0 aliphatic heterocycles. The number of nitrogens with one attached hydrogen (secondary N) is 1. The van der Waals surface area contributed by atoms with Crippen LogP contribution in [-0.4, -0.2) is 41.0 Å². The van der Waals surface area contributed by atoms with Crippen molar-refractivity contribution in [2.24, 2.45) is 0 Å². The van der Waals surface area contributed by atoms with Gasteiger partial charge in [-0.3, -0.25) is 4.79 Å².